The highest BCUT2D eigenvalue weighted by molar-refractivity contribution is 7.12. The molecule has 82 valence electrons. The Balaban J connectivity index is 2.56. The molecule has 1 aromatic heterocycles. The van der Waals surface area contributed by atoms with Gasteiger partial charge in [0.25, 0.3) is 0 Å². The molecular formula is C14H20S. The van der Waals surface area contributed by atoms with E-state index in [1.807, 2.05) is 11.3 Å². The zero-order chi connectivity index (χ0) is 11.2. The van der Waals surface area contributed by atoms with E-state index in [1.54, 1.807) is 10.4 Å². The molecule has 0 saturated carbocycles. The van der Waals surface area contributed by atoms with Crippen molar-refractivity contribution in [1.29, 1.82) is 0 Å². The molecule has 0 nitrogen and oxygen atoms in total. The lowest BCUT2D eigenvalue weighted by Gasteiger charge is -2.25. The summed E-state index contributed by atoms with van der Waals surface area (Å²) < 4.78 is 0. The Morgan fingerprint density at radius 3 is 2.67 bits per heavy atom. The van der Waals surface area contributed by atoms with Gasteiger partial charge in [-0.1, -0.05) is 20.4 Å². The first-order chi connectivity index (χ1) is 7.00. The van der Waals surface area contributed by atoms with E-state index >= 15 is 0 Å². The molecule has 15 heavy (non-hydrogen) atoms. The van der Waals surface area contributed by atoms with Gasteiger partial charge in [0, 0.05) is 9.75 Å². The molecule has 2 unspecified atom stereocenters. The molecule has 2 atom stereocenters. The van der Waals surface area contributed by atoms with Crippen LogP contribution in [0, 0.1) is 12.8 Å². The van der Waals surface area contributed by atoms with Gasteiger partial charge < -0.3 is 0 Å². The van der Waals surface area contributed by atoms with Gasteiger partial charge in [-0.15, -0.1) is 11.3 Å². The number of fused-ring (bicyclic) bond motifs is 1. The van der Waals surface area contributed by atoms with Crippen LogP contribution < -0.4 is 0 Å². The van der Waals surface area contributed by atoms with Gasteiger partial charge in [0.1, 0.15) is 0 Å². The molecule has 0 amide bonds. The lowest BCUT2D eigenvalue weighted by Crippen LogP contribution is -2.13. The van der Waals surface area contributed by atoms with Gasteiger partial charge in [-0.2, -0.15) is 0 Å². The summed E-state index contributed by atoms with van der Waals surface area (Å²) in [6.07, 6.45) is 2.61. The van der Waals surface area contributed by atoms with Gasteiger partial charge >= 0.3 is 0 Å². The summed E-state index contributed by atoms with van der Waals surface area (Å²) in [7, 11) is 0. The zero-order valence-electron chi connectivity index (χ0n) is 10.2. The van der Waals surface area contributed by atoms with Crippen molar-refractivity contribution in [3.05, 3.63) is 27.5 Å². The van der Waals surface area contributed by atoms with Crippen LogP contribution in [0.25, 0.3) is 5.57 Å². The van der Waals surface area contributed by atoms with Crippen LogP contribution in [0.15, 0.2) is 6.58 Å². The molecule has 2 rings (SSSR count). The van der Waals surface area contributed by atoms with Crippen molar-refractivity contribution in [3.63, 3.8) is 0 Å². The Morgan fingerprint density at radius 1 is 1.40 bits per heavy atom. The average Bonchev–Trinajstić information content (AvgIpc) is 2.41. The number of allylic oxidation sites excluding steroid dienone is 1. The first kappa shape index (κ1) is 10.9. The topological polar surface area (TPSA) is 0 Å². The van der Waals surface area contributed by atoms with E-state index < -0.39 is 0 Å². The van der Waals surface area contributed by atoms with E-state index in [1.165, 1.54) is 28.9 Å². The van der Waals surface area contributed by atoms with Crippen molar-refractivity contribution >= 4 is 16.9 Å². The standard InChI is InChI=1S/C14H20S/c1-8(2)13-11(5)15-14-10(4)6-9(3)7-12(13)14/h9-10H,1,6-7H2,2-5H3. The van der Waals surface area contributed by atoms with E-state index in [0.717, 1.165) is 11.8 Å². The molecule has 0 aromatic carbocycles. The molecule has 1 aromatic rings. The number of hydrogen-bond donors (Lipinski definition) is 0. The lowest BCUT2D eigenvalue weighted by molar-refractivity contribution is 0.456. The van der Waals surface area contributed by atoms with Crippen molar-refractivity contribution in [2.24, 2.45) is 5.92 Å². The lowest BCUT2D eigenvalue weighted by atomic mass is 9.81. The Morgan fingerprint density at radius 2 is 2.07 bits per heavy atom. The second-order valence-electron chi connectivity index (χ2n) is 5.10. The molecule has 0 spiro atoms. The predicted molar refractivity (Wildman–Crippen MR) is 69.7 cm³/mol. The van der Waals surface area contributed by atoms with E-state index in [-0.39, 0.29) is 0 Å². The fraction of sp³-hybridized carbons (Fsp3) is 0.571. The van der Waals surface area contributed by atoms with E-state index in [0.29, 0.717) is 0 Å². The van der Waals surface area contributed by atoms with Gasteiger partial charge in [-0.25, -0.2) is 0 Å². The summed E-state index contributed by atoms with van der Waals surface area (Å²) in [5.74, 6) is 1.58. The number of thiophene rings is 1. The minimum Gasteiger partial charge on any atom is -0.144 e. The molecule has 0 bridgehead atoms. The van der Waals surface area contributed by atoms with Crippen LogP contribution in [0.3, 0.4) is 0 Å². The molecule has 1 heteroatoms. The highest BCUT2D eigenvalue weighted by Gasteiger charge is 2.27. The second kappa shape index (κ2) is 3.79. The summed E-state index contributed by atoms with van der Waals surface area (Å²) in [5.41, 5.74) is 4.32. The summed E-state index contributed by atoms with van der Waals surface area (Å²) in [5, 5.41) is 0. The van der Waals surface area contributed by atoms with Gasteiger partial charge in [0.2, 0.25) is 0 Å². The largest absolute Gasteiger partial charge is 0.144 e. The van der Waals surface area contributed by atoms with Gasteiger partial charge in [0.15, 0.2) is 0 Å². The van der Waals surface area contributed by atoms with Crippen molar-refractivity contribution < 1.29 is 0 Å². The van der Waals surface area contributed by atoms with Crippen LogP contribution >= 0.6 is 11.3 Å². The first-order valence-electron chi connectivity index (χ1n) is 5.78. The first-order valence-corrected chi connectivity index (χ1v) is 6.60. The molecule has 1 aliphatic rings. The Bertz CT molecular complexity index is 398. The number of rotatable bonds is 1. The monoisotopic (exact) mass is 220 g/mol. The molecule has 0 radical (unpaired) electrons. The molecule has 1 aliphatic carbocycles. The number of hydrogen-bond acceptors (Lipinski definition) is 1. The quantitative estimate of drug-likeness (QED) is 0.639. The Hall–Kier alpha value is -0.560. The Kier molecular flexibility index (Phi) is 2.76. The molecule has 1 heterocycles. The van der Waals surface area contributed by atoms with Crippen LogP contribution in [0.2, 0.25) is 0 Å². The second-order valence-corrected chi connectivity index (χ2v) is 6.36. The van der Waals surface area contributed by atoms with Crippen molar-refractivity contribution in [2.75, 3.05) is 0 Å². The fourth-order valence-corrected chi connectivity index (χ4v) is 4.25. The number of aryl methyl sites for hydroxylation is 1. The third kappa shape index (κ3) is 1.78. The summed E-state index contributed by atoms with van der Waals surface area (Å²) in [6, 6.07) is 0. The minimum absolute atomic E-state index is 0.751. The maximum atomic E-state index is 4.12. The minimum atomic E-state index is 0.751. The maximum absolute atomic E-state index is 4.12. The highest BCUT2D eigenvalue weighted by atomic mass is 32.1. The van der Waals surface area contributed by atoms with Crippen LogP contribution in [-0.2, 0) is 6.42 Å². The molecular weight excluding hydrogens is 200 g/mol. The summed E-state index contributed by atoms with van der Waals surface area (Å²) >= 11 is 1.99. The van der Waals surface area contributed by atoms with Crippen LogP contribution in [0.4, 0.5) is 0 Å². The van der Waals surface area contributed by atoms with Gasteiger partial charge in [-0.3, -0.25) is 0 Å². The summed E-state index contributed by atoms with van der Waals surface area (Å²) in [6.45, 7) is 13.2. The van der Waals surface area contributed by atoms with Crippen LogP contribution in [-0.4, -0.2) is 0 Å². The molecule has 0 N–H and O–H groups in total. The fourth-order valence-electron chi connectivity index (χ4n) is 2.91. The van der Waals surface area contributed by atoms with Gasteiger partial charge in [0.05, 0.1) is 0 Å². The van der Waals surface area contributed by atoms with E-state index in [2.05, 4.69) is 34.3 Å². The average molecular weight is 220 g/mol. The maximum Gasteiger partial charge on any atom is 0.0115 e. The highest BCUT2D eigenvalue weighted by Crippen LogP contribution is 2.44. The van der Waals surface area contributed by atoms with Crippen molar-refractivity contribution in [1.82, 2.24) is 0 Å². The van der Waals surface area contributed by atoms with E-state index in [4.69, 9.17) is 0 Å². The molecule has 0 fully saturated rings. The normalized spacial score (nSPS) is 25.1. The molecule has 0 saturated heterocycles. The Labute approximate surface area is 97.0 Å². The third-order valence-electron chi connectivity index (χ3n) is 3.40. The van der Waals surface area contributed by atoms with Crippen molar-refractivity contribution in [2.45, 2.75) is 46.5 Å². The van der Waals surface area contributed by atoms with Crippen LogP contribution in [0.1, 0.15) is 54.0 Å². The third-order valence-corrected chi connectivity index (χ3v) is 4.78. The molecule has 0 aliphatic heterocycles. The van der Waals surface area contributed by atoms with E-state index in [9.17, 15) is 0 Å². The predicted octanol–water partition coefficient (Wildman–Crippen LogP) is 4.78. The summed E-state index contributed by atoms with van der Waals surface area (Å²) in [4.78, 5) is 3.09. The smallest absolute Gasteiger partial charge is 0.0115 e. The van der Waals surface area contributed by atoms with Crippen molar-refractivity contribution in [3.8, 4) is 0 Å². The van der Waals surface area contributed by atoms with Gasteiger partial charge in [-0.05, 0) is 55.2 Å². The zero-order valence-corrected chi connectivity index (χ0v) is 11.0. The SMILES string of the molecule is C=C(C)c1c(C)sc2c1CC(C)CC2C. The van der Waals surface area contributed by atoms with Crippen LogP contribution in [0.5, 0.6) is 0 Å².